The second-order valence-corrected chi connectivity index (χ2v) is 5.62. The summed E-state index contributed by atoms with van der Waals surface area (Å²) in [5.74, 6) is 2.02. The van der Waals surface area contributed by atoms with E-state index in [2.05, 4.69) is 28.3 Å². The van der Waals surface area contributed by atoms with Gasteiger partial charge in [0.1, 0.15) is 11.6 Å². The van der Waals surface area contributed by atoms with Gasteiger partial charge in [0.2, 0.25) is 5.95 Å². The molecule has 5 heteroatoms. The Morgan fingerprint density at radius 1 is 1.17 bits per heavy atom. The van der Waals surface area contributed by atoms with E-state index < -0.39 is 0 Å². The molecule has 0 radical (unpaired) electrons. The van der Waals surface area contributed by atoms with E-state index in [1.165, 1.54) is 12.8 Å². The van der Waals surface area contributed by atoms with Crippen molar-refractivity contribution in [3.05, 3.63) is 41.1 Å². The lowest BCUT2D eigenvalue weighted by molar-refractivity contribution is 0.410. The Labute approximate surface area is 138 Å². The summed E-state index contributed by atoms with van der Waals surface area (Å²) in [7, 11) is 1.69. The molecule has 0 atom stereocenters. The lowest BCUT2D eigenvalue weighted by Crippen LogP contribution is -2.11. The molecule has 124 valence electrons. The smallest absolute Gasteiger partial charge is 0.222 e. The van der Waals surface area contributed by atoms with Crippen molar-refractivity contribution < 1.29 is 4.74 Å². The minimum Gasteiger partial charge on any atom is -0.496 e. The van der Waals surface area contributed by atoms with Gasteiger partial charge in [-0.15, -0.1) is 0 Å². The highest BCUT2D eigenvalue weighted by molar-refractivity contribution is 5.52. The topological polar surface area (TPSA) is 73.1 Å². The summed E-state index contributed by atoms with van der Waals surface area (Å²) in [5, 5.41) is 3.42. The van der Waals surface area contributed by atoms with Crippen LogP contribution >= 0.6 is 0 Å². The van der Waals surface area contributed by atoms with Gasteiger partial charge < -0.3 is 15.8 Å². The molecular formula is C18H26N4O. The third-order valence-electron chi connectivity index (χ3n) is 3.86. The van der Waals surface area contributed by atoms with Gasteiger partial charge in [0.05, 0.1) is 7.11 Å². The van der Waals surface area contributed by atoms with Crippen LogP contribution in [-0.2, 0) is 6.42 Å². The van der Waals surface area contributed by atoms with Crippen molar-refractivity contribution in [1.29, 1.82) is 0 Å². The maximum atomic E-state index is 5.82. The van der Waals surface area contributed by atoms with Crippen molar-refractivity contribution in [2.24, 2.45) is 0 Å². The third kappa shape index (κ3) is 4.58. The van der Waals surface area contributed by atoms with Gasteiger partial charge in [-0.1, -0.05) is 38.0 Å². The Morgan fingerprint density at radius 3 is 2.70 bits per heavy atom. The van der Waals surface area contributed by atoms with E-state index in [0.717, 1.165) is 41.4 Å². The normalized spacial score (nSPS) is 10.6. The average molecular weight is 314 g/mol. The molecule has 0 bridgehead atoms. The highest BCUT2D eigenvalue weighted by Gasteiger charge is 2.13. The predicted octanol–water partition coefficient (Wildman–Crippen LogP) is 3.57. The molecule has 0 saturated carbocycles. The SMILES string of the molecule is CCCCCNc1nc(N)nc(C)c1Cc1ccccc1OC. The van der Waals surface area contributed by atoms with Crippen LogP contribution in [0.5, 0.6) is 5.75 Å². The van der Waals surface area contributed by atoms with Crippen molar-refractivity contribution >= 4 is 11.8 Å². The second kappa shape index (κ2) is 8.36. The highest BCUT2D eigenvalue weighted by Crippen LogP contribution is 2.26. The van der Waals surface area contributed by atoms with Gasteiger partial charge in [-0.2, -0.15) is 4.98 Å². The number of hydrogen-bond acceptors (Lipinski definition) is 5. The zero-order valence-corrected chi connectivity index (χ0v) is 14.2. The van der Waals surface area contributed by atoms with Crippen LogP contribution < -0.4 is 15.8 Å². The molecule has 0 aliphatic carbocycles. The van der Waals surface area contributed by atoms with E-state index in [4.69, 9.17) is 10.5 Å². The number of nitrogen functional groups attached to an aromatic ring is 1. The largest absolute Gasteiger partial charge is 0.496 e. The fourth-order valence-electron chi connectivity index (χ4n) is 2.60. The van der Waals surface area contributed by atoms with Gasteiger partial charge in [-0.3, -0.25) is 0 Å². The number of benzene rings is 1. The first-order valence-electron chi connectivity index (χ1n) is 8.14. The van der Waals surface area contributed by atoms with Crippen molar-refractivity contribution in [1.82, 2.24) is 9.97 Å². The van der Waals surface area contributed by atoms with E-state index in [1.54, 1.807) is 7.11 Å². The monoisotopic (exact) mass is 314 g/mol. The molecule has 5 nitrogen and oxygen atoms in total. The second-order valence-electron chi connectivity index (χ2n) is 5.62. The van der Waals surface area contributed by atoms with Gasteiger partial charge in [-0.25, -0.2) is 4.98 Å². The van der Waals surface area contributed by atoms with Gasteiger partial charge in [-0.05, 0) is 25.0 Å². The molecule has 2 aromatic rings. The fraction of sp³-hybridized carbons (Fsp3) is 0.444. The lowest BCUT2D eigenvalue weighted by Gasteiger charge is -2.15. The number of anilines is 2. The van der Waals surface area contributed by atoms with Crippen molar-refractivity contribution in [3.8, 4) is 5.75 Å². The predicted molar refractivity (Wildman–Crippen MR) is 95.0 cm³/mol. The summed E-state index contributed by atoms with van der Waals surface area (Å²) in [4.78, 5) is 8.71. The number of hydrogen-bond donors (Lipinski definition) is 2. The van der Waals surface area contributed by atoms with Crippen LogP contribution in [-0.4, -0.2) is 23.6 Å². The summed E-state index contributed by atoms with van der Waals surface area (Å²) in [6.45, 7) is 5.06. The number of rotatable bonds is 8. The van der Waals surface area contributed by atoms with Crippen LogP contribution in [0.2, 0.25) is 0 Å². The van der Waals surface area contributed by atoms with E-state index in [-0.39, 0.29) is 0 Å². The summed E-state index contributed by atoms with van der Waals surface area (Å²) in [6, 6.07) is 8.02. The molecule has 1 aromatic carbocycles. The molecule has 0 aliphatic heterocycles. The van der Waals surface area contributed by atoms with Gasteiger partial charge in [0, 0.05) is 24.2 Å². The van der Waals surface area contributed by atoms with Crippen LogP contribution in [0.1, 0.15) is 43.0 Å². The molecule has 0 saturated heterocycles. The standard InChI is InChI=1S/C18H26N4O/c1-4-5-8-11-20-17-15(13(2)21-18(19)22-17)12-14-9-6-7-10-16(14)23-3/h6-7,9-10H,4-5,8,11-12H2,1-3H3,(H3,19,20,21,22). The van der Waals surface area contributed by atoms with E-state index in [1.807, 2.05) is 25.1 Å². The Kier molecular flexibility index (Phi) is 6.20. The summed E-state index contributed by atoms with van der Waals surface area (Å²) >= 11 is 0. The number of nitrogens with two attached hydrogens (primary N) is 1. The van der Waals surface area contributed by atoms with Gasteiger partial charge in [0.25, 0.3) is 0 Å². The quantitative estimate of drug-likeness (QED) is 0.729. The number of methoxy groups -OCH3 is 1. The number of nitrogens with one attached hydrogen (secondary N) is 1. The maximum Gasteiger partial charge on any atom is 0.222 e. The lowest BCUT2D eigenvalue weighted by atomic mass is 10.0. The molecular weight excluding hydrogens is 288 g/mol. The zero-order chi connectivity index (χ0) is 16.7. The Morgan fingerprint density at radius 2 is 1.96 bits per heavy atom. The molecule has 0 fully saturated rings. The first-order chi connectivity index (χ1) is 11.2. The van der Waals surface area contributed by atoms with Gasteiger partial charge in [0.15, 0.2) is 0 Å². The van der Waals surface area contributed by atoms with E-state index in [0.29, 0.717) is 12.4 Å². The summed E-state index contributed by atoms with van der Waals surface area (Å²) in [6.07, 6.45) is 4.23. The minimum absolute atomic E-state index is 0.310. The molecule has 23 heavy (non-hydrogen) atoms. The van der Waals surface area contributed by atoms with Crippen LogP contribution in [0.15, 0.2) is 24.3 Å². The van der Waals surface area contributed by atoms with Crippen LogP contribution in [0.3, 0.4) is 0 Å². The Hall–Kier alpha value is -2.30. The maximum absolute atomic E-state index is 5.82. The highest BCUT2D eigenvalue weighted by atomic mass is 16.5. The molecule has 1 aromatic heterocycles. The first-order valence-corrected chi connectivity index (χ1v) is 8.14. The fourth-order valence-corrected chi connectivity index (χ4v) is 2.60. The molecule has 1 heterocycles. The Balaban J connectivity index is 2.25. The Bertz CT molecular complexity index is 643. The molecule has 0 spiro atoms. The molecule has 0 unspecified atom stereocenters. The number of unbranched alkanes of at least 4 members (excludes halogenated alkanes) is 2. The summed E-state index contributed by atoms with van der Waals surface area (Å²) in [5.41, 5.74) is 8.91. The number of aromatic nitrogens is 2. The summed E-state index contributed by atoms with van der Waals surface area (Å²) < 4.78 is 5.45. The van der Waals surface area contributed by atoms with Crippen molar-refractivity contribution in [3.63, 3.8) is 0 Å². The third-order valence-corrected chi connectivity index (χ3v) is 3.86. The van der Waals surface area contributed by atoms with E-state index in [9.17, 15) is 0 Å². The first kappa shape index (κ1) is 17.1. The number of para-hydroxylation sites is 1. The average Bonchev–Trinajstić information content (AvgIpc) is 2.55. The van der Waals surface area contributed by atoms with Crippen LogP contribution in [0.4, 0.5) is 11.8 Å². The van der Waals surface area contributed by atoms with Gasteiger partial charge >= 0.3 is 0 Å². The number of aryl methyl sites for hydroxylation is 1. The number of ether oxygens (including phenoxy) is 1. The van der Waals surface area contributed by atoms with Crippen LogP contribution in [0.25, 0.3) is 0 Å². The van der Waals surface area contributed by atoms with Crippen LogP contribution in [0, 0.1) is 6.92 Å². The number of nitrogens with zero attached hydrogens (tertiary/aromatic N) is 2. The molecule has 0 aliphatic rings. The minimum atomic E-state index is 0.310. The molecule has 0 amide bonds. The van der Waals surface area contributed by atoms with Crippen molar-refractivity contribution in [2.45, 2.75) is 39.5 Å². The van der Waals surface area contributed by atoms with Crippen molar-refractivity contribution in [2.75, 3.05) is 24.7 Å². The van der Waals surface area contributed by atoms with E-state index >= 15 is 0 Å². The molecule has 2 rings (SSSR count). The zero-order valence-electron chi connectivity index (χ0n) is 14.2. The molecule has 3 N–H and O–H groups in total.